The molecule has 2 heterocycles. The Morgan fingerprint density at radius 1 is 1.09 bits per heavy atom. The molecule has 0 fully saturated rings. The maximum atomic E-state index is 9.02. The molecule has 0 saturated heterocycles. The minimum atomic E-state index is 0.159. The number of benzene rings is 1. The van der Waals surface area contributed by atoms with Crippen molar-refractivity contribution in [3.05, 3.63) is 47.8 Å². The highest BCUT2D eigenvalue weighted by atomic mass is 16.5. The van der Waals surface area contributed by atoms with Gasteiger partial charge < -0.3 is 9.84 Å². The third kappa shape index (κ3) is 2.55. The van der Waals surface area contributed by atoms with Crippen LogP contribution in [-0.2, 0) is 12.8 Å². The van der Waals surface area contributed by atoms with Crippen LogP contribution in [0.5, 0.6) is 5.88 Å². The van der Waals surface area contributed by atoms with Gasteiger partial charge in [0, 0.05) is 24.8 Å². The summed E-state index contributed by atoms with van der Waals surface area (Å²) in [6.07, 6.45) is 1.48. The normalized spacial score (nSPS) is 11.0. The summed E-state index contributed by atoms with van der Waals surface area (Å²) in [6.45, 7) is 2.24. The molecule has 22 heavy (non-hydrogen) atoms. The first kappa shape index (κ1) is 14.5. The van der Waals surface area contributed by atoms with E-state index in [-0.39, 0.29) is 6.61 Å². The smallest absolute Gasteiger partial charge is 0.215 e. The van der Waals surface area contributed by atoms with Gasteiger partial charge in [0.15, 0.2) is 5.65 Å². The van der Waals surface area contributed by atoms with E-state index in [0.717, 1.165) is 34.7 Å². The van der Waals surface area contributed by atoms with Gasteiger partial charge in [0.1, 0.15) is 11.3 Å². The number of ether oxygens (including phenoxy) is 1. The van der Waals surface area contributed by atoms with Gasteiger partial charge in [-0.25, -0.2) is 4.98 Å². The molecule has 1 N–H and O–H groups in total. The van der Waals surface area contributed by atoms with Crippen molar-refractivity contribution in [3.8, 4) is 11.6 Å². The summed E-state index contributed by atoms with van der Waals surface area (Å²) >= 11 is 0. The third-order valence-corrected chi connectivity index (χ3v) is 3.67. The fourth-order valence-electron chi connectivity index (χ4n) is 2.55. The number of nitrogens with zero attached hydrogens (tertiary/aromatic N) is 3. The molecule has 3 rings (SSSR count). The number of hydrogen-bond donors (Lipinski definition) is 1. The average Bonchev–Trinajstić information content (AvgIpc) is 2.93. The van der Waals surface area contributed by atoms with E-state index >= 15 is 0 Å². The zero-order valence-corrected chi connectivity index (χ0v) is 12.8. The Bertz CT molecular complexity index is 778. The van der Waals surface area contributed by atoms with Crippen molar-refractivity contribution in [2.45, 2.75) is 19.8 Å². The number of aliphatic hydroxyl groups is 1. The predicted molar refractivity (Wildman–Crippen MR) is 85.6 cm³/mol. The first-order valence-electron chi connectivity index (χ1n) is 7.39. The summed E-state index contributed by atoms with van der Waals surface area (Å²) in [5.41, 5.74) is 3.78. The lowest BCUT2D eigenvalue weighted by molar-refractivity contribution is 0.299. The monoisotopic (exact) mass is 297 g/mol. The van der Waals surface area contributed by atoms with Crippen molar-refractivity contribution in [2.24, 2.45) is 0 Å². The van der Waals surface area contributed by atoms with E-state index in [1.54, 1.807) is 7.11 Å². The lowest BCUT2D eigenvalue weighted by Crippen LogP contribution is -2.02. The molecule has 0 bridgehead atoms. The van der Waals surface area contributed by atoms with Crippen LogP contribution in [0.1, 0.15) is 18.3 Å². The Hall–Kier alpha value is -2.40. The molecule has 2 aromatic heterocycles. The minimum absolute atomic E-state index is 0.159. The van der Waals surface area contributed by atoms with E-state index in [1.165, 1.54) is 0 Å². The Morgan fingerprint density at radius 2 is 1.86 bits per heavy atom. The number of methoxy groups -OCH3 is 1. The quantitative estimate of drug-likeness (QED) is 0.786. The van der Waals surface area contributed by atoms with Crippen LogP contribution in [0.25, 0.3) is 16.9 Å². The van der Waals surface area contributed by atoms with E-state index in [2.05, 4.69) is 21.5 Å². The number of imidazole rings is 1. The van der Waals surface area contributed by atoms with E-state index < -0.39 is 0 Å². The van der Waals surface area contributed by atoms with Crippen molar-refractivity contribution >= 4 is 11.2 Å². The largest absolute Gasteiger partial charge is 0.481 e. The molecular formula is C17H19N3O2. The number of rotatable bonds is 5. The molecular weight excluding hydrogens is 278 g/mol. The van der Waals surface area contributed by atoms with Gasteiger partial charge in [-0.2, -0.15) is 4.98 Å². The lowest BCUT2D eigenvalue weighted by Gasteiger charge is -2.09. The summed E-state index contributed by atoms with van der Waals surface area (Å²) in [7, 11) is 1.61. The third-order valence-electron chi connectivity index (χ3n) is 3.67. The molecule has 0 spiro atoms. The number of fused-ring (bicyclic) bond motifs is 1. The Kier molecular flexibility index (Phi) is 4.06. The van der Waals surface area contributed by atoms with E-state index in [0.29, 0.717) is 12.3 Å². The molecule has 0 atom stereocenters. The van der Waals surface area contributed by atoms with Crippen molar-refractivity contribution in [2.75, 3.05) is 13.7 Å². The summed E-state index contributed by atoms with van der Waals surface area (Å²) < 4.78 is 7.28. The molecule has 0 aliphatic carbocycles. The van der Waals surface area contributed by atoms with Gasteiger partial charge in [-0.15, -0.1) is 0 Å². The molecule has 5 heteroatoms. The van der Waals surface area contributed by atoms with Crippen molar-refractivity contribution in [1.82, 2.24) is 14.5 Å². The van der Waals surface area contributed by atoms with Crippen LogP contribution in [0.2, 0.25) is 0 Å². The Balaban J connectivity index is 2.14. The minimum Gasteiger partial charge on any atom is -0.481 e. The molecule has 0 saturated carbocycles. The van der Waals surface area contributed by atoms with Gasteiger partial charge in [0.05, 0.1) is 7.11 Å². The summed E-state index contributed by atoms with van der Waals surface area (Å²) in [6, 6.07) is 11.9. The first-order valence-corrected chi connectivity index (χ1v) is 7.39. The van der Waals surface area contributed by atoms with Crippen molar-refractivity contribution < 1.29 is 9.84 Å². The highest BCUT2D eigenvalue weighted by molar-refractivity contribution is 5.74. The zero-order valence-electron chi connectivity index (χ0n) is 12.8. The second-order valence-corrected chi connectivity index (χ2v) is 5.05. The number of hydrogen-bond acceptors (Lipinski definition) is 4. The highest BCUT2D eigenvalue weighted by Crippen LogP contribution is 2.23. The van der Waals surface area contributed by atoms with E-state index in [4.69, 9.17) is 9.84 Å². The van der Waals surface area contributed by atoms with Crippen LogP contribution in [0.4, 0.5) is 0 Å². The van der Waals surface area contributed by atoms with Gasteiger partial charge >= 0.3 is 0 Å². The summed E-state index contributed by atoms with van der Waals surface area (Å²) in [5.74, 6) is 1.54. The fourth-order valence-corrected chi connectivity index (χ4v) is 2.55. The number of aryl methyl sites for hydroxylation is 1. The summed E-state index contributed by atoms with van der Waals surface area (Å²) in [5, 5.41) is 9.02. The van der Waals surface area contributed by atoms with Crippen molar-refractivity contribution in [1.29, 1.82) is 0 Å². The molecule has 5 nitrogen and oxygen atoms in total. The second-order valence-electron chi connectivity index (χ2n) is 5.05. The first-order chi connectivity index (χ1) is 10.8. The van der Waals surface area contributed by atoms with E-state index in [1.807, 2.05) is 36.4 Å². The number of aliphatic hydroxyl groups excluding tert-OH is 1. The molecule has 3 aromatic rings. The average molecular weight is 297 g/mol. The van der Waals surface area contributed by atoms with Gasteiger partial charge in [0.25, 0.3) is 0 Å². The molecule has 0 aliphatic rings. The topological polar surface area (TPSA) is 60.2 Å². The Labute approximate surface area is 129 Å². The molecule has 0 unspecified atom stereocenters. The van der Waals surface area contributed by atoms with Crippen LogP contribution in [0.3, 0.4) is 0 Å². The molecule has 0 aliphatic heterocycles. The molecule has 0 radical (unpaired) electrons. The summed E-state index contributed by atoms with van der Waals surface area (Å²) in [4.78, 5) is 9.18. The van der Waals surface area contributed by atoms with Crippen LogP contribution in [0.15, 0.2) is 36.4 Å². The maximum absolute atomic E-state index is 9.02. The molecule has 0 amide bonds. The second kappa shape index (κ2) is 6.15. The van der Waals surface area contributed by atoms with Gasteiger partial charge in [-0.1, -0.05) is 19.1 Å². The van der Waals surface area contributed by atoms with Crippen LogP contribution in [0, 0.1) is 0 Å². The van der Waals surface area contributed by atoms with Crippen LogP contribution < -0.4 is 4.74 Å². The van der Waals surface area contributed by atoms with Crippen molar-refractivity contribution in [3.63, 3.8) is 0 Å². The van der Waals surface area contributed by atoms with E-state index in [9.17, 15) is 0 Å². The predicted octanol–water partition coefficient (Wildman–Crippen LogP) is 2.53. The van der Waals surface area contributed by atoms with Crippen LogP contribution in [-0.4, -0.2) is 33.4 Å². The van der Waals surface area contributed by atoms with Gasteiger partial charge in [0.2, 0.25) is 5.88 Å². The van der Waals surface area contributed by atoms with Gasteiger partial charge in [-0.05, 0) is 30.2 Å². The zero-order chi connectivity index (χ0) is 15.5. The maximum Gasteiger partial charge on any atom is 0.215 e. The SMILES string of the molecule is CCc1nc2ccc(OC)nc2n1-c1ccc(CCO)cc1. The Morgan fingerprint density at radius 3 is 2.50 bits per heavy atom. The fraction of sp³-hybridized carbons (Fsp3) is 0.294. The lowest BCUT2D eigenvalue weighted by atomic mass is 10.1. The van der Waals surface area contributed by atoms with Gasteiger partial charge in [-0.3, -0.25) is 4.57 Å². The number of aromatic nitrogens is 3. The molecule has 1 aromatic carbocycles. The highest BCUT2D eigenvalue weighted by Gasteiger charge is 2.13. The van der Waals surface area contributed by atoms with Crippen LogP contribution >= 0.6 is 0 Å². The number of pyridine rings is 1. The standard InChI is InChI=1S/C17H19N3O2/c1-3-15-18-14-8-9-16(22-2)19-17(14)20(15)13-6-4-12(5-7-13)10-11-21/h4-9,21H,3,10-11H2,1-2H3. The molecule has 114 valence electrons.